The van der Waals surface area contributed by atoms with Crippen LogP contribution in [0.3, 0.4) is 0 Å². The summed E-state index contributed by atoms with van der Waals surface area (Å²) in [5, 5.41) is 2.93. The van der Waals surface area contributed by atoms with E-state index in [-0.39, 0.29) is 5.91 Å². The number of carbonyl (C=O) groups is 1. The number of hydrogen-bond acceptors (Lipinski definition) is 4. The lowest BCUT2D eigenvalue weighted by Crippen LogP contribution is -2.35. The molecule has 5 nitrogen and oxygen atoms in total. The Bertz CT molecular complexity index is 581. The molecule has 1 N–H and O–H groups in total. The highest BCUT2D eigenvalue weighted by molar-refractivity contribution is 5.77. The van der Waals surface area contributed by atoms with Crippen molar-refractivity contribution in [2.45, 2.75) is 13.0 Å². The maximum atomic E-state index is 11.9. The molecule has 118 valence electrons. The Morgan fingerprint density at radius 2 is 2.09 bits per heavy atom. The summed E-state index contributed by atoms with van der Waals surface area (Å²) in [5.74, 6) is 1.71. The minimum atomic E-state index is 0.00366. The summed E-state index contributed by atoms with van der Waals surface area (Å²) in [5.41, 5.74) is 1.09. The number of ether oxygens (including phenoxy) is 1. The Balaban J connectivity index is 1.71. The van der Waals surface area contributed by atoms with Gasteiger partial charge in [0, 0.05) is 6.54 Å². The predicted molar refractivity (Wildman–Crippen MR) is 84.7 cm³/mol. The normalized spacial score (nSPS) is 10.7. The molecular formula is C17H22N2O3. The van der Waals surface area contributed by atoms with Gasteiger partial charge >= 0.3 is 0 Å². The molecule has 0 spiro atoms. The number of para-hydroxylation sites is 1. The van der Waals surface area contributed by atoms with Gasteiger partial charge in [0.1, 0.15) is 11.5 Å². The summed E-state index contributed by atoms with van der Waals surface area (Å²) in [6, 6.07) is 11.6. The fourth-order valence-corrected chi connectivity index (χ4v) is 2.27. The van der Waals surface area contributed by atoms with Crippen LogP contribution in [0.25, 0.3) is 0 Å². The molecule has 0 unspecified atom stereocenters. The number of nitrogens with zero attached hydrogens (tertiary/aromatic N) is 1. The lowest BCUT2D eigenvalue weighted by atomic mass is 10.1. The van der Waals surface area contributed by atoms with Crippen LogP contribution in [-0.4, -0.2) is 38.1 Å². The molecule has 5 heteroatoms. The summed E-state index contributed by atoms with van der Waals surface area (Å²) in [4.78, 5) is 13.8. The topological polar surface area (TPSA) is 54.7 Å². The van der Waals surface area contributed by atoms with Gasteiger partial charge in [0.25, 0.3) is 0 Å². The van der Waals surface area contributed by atoms with Gasteiger partial charge in [-0.2, -0.15) is 0 Å². The van der Waals surface area contributed by atoms with Crippen molar-refractivity contribution in [2.24, 2.45) is 0 Å². The van der Waals surface area contributed by atoms with E-state index < -0.39 is 0 Å². The molecule has 22 heavy (non-hydrogen) atoms. The summed E-state index contributed by atoms with van der Waals surface area (Å²) < 4.78 is 10.6. The number of hydrogen-bond donors (Lipinski definition) is 1. The monoisotopic (exact) mass is 302 g/mol. The molecule has 0 radical (unpaired) electrons. The zero-order valence-corrected chi connectivity index (χ0v) is 13.0. The van der Waals surface area contributed by atoms with E-state index in [1.165, 1.54) is 0 Å². The third-order valence-corrected chi connectivity index (χ3v) is 3.33. The maximum absolute atomic E-state index is 11.9. The fourth-order valence-electron chi connectivity index (χ4n) is 2.27. The third-order valence-electron chi connectivity index (χ3n) is 3.33. The molecule has 2 aromatic rings. The second-order valence-corrected chi connectivity index (χ2v) is 5.16. The molecule has 1 amide bonds. The first-order chi connectivity index (χ1) is 10.7. The van der Waals surface area contributed by atoms with Crippen LogP contribution < -0.4 is 10.1 Å². The number of carbonyl (C=O) groups excluding carboxylic acids is 1. The van der Waals surface area contributed by atoms with E-state index in [0.29, 0.717) is 19.6 Å². The molecule has 0 aliphatic heterocycles. The summed E-state index contributed by atoms with van der Waals surface area (Å²) >= 11 is 0. The first kappa shape index (κ1) is 16.1. The molecule has 0 saturated heterocycles. The van der Waals surface area contributed by atoms with Gasteiger partial charge in [-0.05, 0) is 37.2 Å². The third kappa shape index (κ3) is 4.93. The van der Waals surface area contributed by atoms with Gasteiger partial charge < -0.3 is 14.5 Å². The van der Waals surface area contributed by atoms with Gasteiger partial charge in [-0.1, -0.05) is 18.2 Å². The minimum Gasteiger partial charge on any atom is -0.496 e. The zero-order valence-electron chi connectivity index (χ0n) is 13.0. The van der Waals surface area contributed by atoms with E-state index in [2.05, 4.69) is 5.32 Å². The second-order valence-electron chi connectivity index (χ2n) is 5.16. The molecule has 0 aliphatic rings. The Morgan fingerprint density at radius 1 is 1.27 bits per heavy atom. The van der Waals surface area contributed by atoms with Crippen molar-refractivity contribution in [3.63, 3.8) is 0 Å². The Hall–Kier alpha value is -2.27. The fraction of sp³-hybridized carbons (Fsp3) is 0.353. The van der Waals surface area contributed by atoms with Crippen LogP contribution in [0.1, 0.15) is 11.3 Å². The standard InChI is InChI=1S/C17H22N2O3/c1-19(12-15-7-5-11-22-15)13-17(20)18-10-9-14-6-3-4-8-16(14)21-2/h3-8,11H,9-10,12-13H2,1-2H3,(H,18,20). The zero-order chi connectivity index (χ0) is 15.8. The molecule has 0 aliphatic carbocycles. The molecule has 0 bridgehead atoms. The van der Waals surface area contributed by atoms with Crippen molar-refractivity contribution < 1.29 is 13.9 Å². The largest absolute Gasteiger partial charge is 0.496 e. The summed E-state index contributed by atoms with van der Waals surface area (Å²) in [6.45, 7) is 1.55. The number of nitrogens with one attached hydrogen (secondary N) is 1. The van der Waals surface area contributed by atoms with Crippen molar-refractivity contribution in [1.29, 1.82) is 0 Å². The molecule has 2 rings (SSSR count). The number of rotatable bonds is 8. The minimum absolute atomic E-state index is 0.00366. The smallest absolute Gasteiger partial charge is 0.234 e. The number of benzene rings is 1. The van der Waals surface area contributed by atoms with Crippen LogP contribution in [0.2, 0.25) is 0 Å². The van der Waals surface area contributed by atoms with Gasteiger partial charge in [-0.25, -0.2) is 0 Å². The summed E-state index contributed by atoms with van der Waals surface area (Å²) in [7, 11) is 3.54. The Morgan fingerprint density at radius 3 is 2.82 bits per heavy atom. The number of methoxy groups -OCH3 is 1. The molecule has 0 atom stereocenters. The number of likely N-dealkylation sites (N-methyl/N-ethyl adjacent to an activating group) is 1. The Labute approximate surface area is 130 Å². The van der Waals surface area contributed by atoms with Crippen LogP contribution in [0.4, 0.5) is 0 Å². The highest BCUT2D eigenvalue weighted by Crippen LogP contribution is 2.17. The molecule has 0 saturated carbocycles. The van der Waals surface area contributed by atoms with Crippen molar-refractivity contribution >= 4 is 5.91 Å². The predicted octanol–water partition coefficient (Wildman–Crippen LogP) is 2.08. The average Bonchev–Trinajstić information content (AvgIpc) is 3.00. The second kappa shape index (κ2) is 8.24. The van der Waals surface area contributed by atoms with E-state index >= 15 is 0 Å². The lowest BCUT2D eigenvalue weighted by Gasteiger charge is -2.15. The first-order valence-electron chi connectivity index (χ1n) is 7.28. The highest BCUT2D eigenvalue weighted by Gasteiger charge is 2.08. The van der Waals surface area contributed by atoms with Crippen molar-refractivity contribution in [3.8, 4) is 5.75 Å². The van der Waals surface area contributed by atoms with Gasteiger partial charge in [-0.3, -0.25) is 9.69 Å². The lowest BCUT2D eigenvalue weighted by molar-refractivity contribution is -0.122. The van der Waals surface area contributed by atoms with Crippen molar-refractivity contribution in [3.05, 3.63) is 54.0 Å². The highest BCUT2D eigenvalue weighted by atomic mass is 16.5. The maximum Gasteiger partial charge on any atom is 0.234 e. The molecule has 0 fully saturated rings. The SMILES string of the molecule is COc1ccccc1CCNC(=O)CN(C)Cc1ccco1. The van der Waals surface area contributed by atoms with Crippen LogP contribution in [0.5, 0.6) is 5.75 Å². The van der Waals surface area contributed by atoms with Gasteiger partial charge in [0.15, 0.2) is 0 Å². The summed E-state index contributed by atoms with van der Waals surface area (Å²) in [6.07, 6.45) is 2.38. The van der Waals surface area contributed by atoms with Gasteiger partial charge in [0.05, 0.1) is 26.5 Å². The van der Waals surface area contributed by atoms with Crippen LogP contribution >= 0.6 is 0 Å². The quantitative estimate of drug-likeness (QED) is 0.811. The van der Waals surface area contributed by atoms with Gasteiger partial charge in [0.2, 0.25) is 5.91 Å². The van der Waals surface area contributed by atoms with Gasteiger partial charge in [-0.15, -0.1) is 0 Å². The first-order valence-corrected chi connectivity index (χ1v) is 7.28. The van der Waals surface area contributed by atoms with E-state index in [0.717, 1.165) is 23.5 Å². The van der Waals surface area contributed by atoms with Crippen LogP contribution in [-0.2, 0) is 17.8 Å². The molecule has 1 aromatic carbocycles. The van der Waals surface area contributed by atoms with E-state index in [9.17, 15) is 4.79 Å². The van der Waals surface area contributed by atoms with Crippen molar-refractivity contribution in [1.82, 2.24) is 10.2 Å². The molecule has 1 aromatic heterocycles. The number of furan rings is 1. The van der Waals surface area contributed by atoms with E-state index in [4.69, 9.17) is 9.15 Å². The van der Waals surface area contributed by atoms with Crippen LogP contribution in [0, 0.1) is 0 Å². The van der Waals surface area contributed by atoms with E-state index in [1.807, 2.05) is 48.3 Å². The van der Waals surface area contributed by atoms with E-state index in [1.54, 1.807) is 13.4 Å². The Kier molecular flexibility index (Phi) is 6.03. The molecular weight excluding hydrogens is 280 g/mol. The molecule has 1 heterocycles. The number of amides is 1. The van der Waals surface area contributed by atoms with Crippen LogP contribution in [0.15, 0.2) is 47.1 Å². The average molecular weight is 302 g/mol. The van der Waals surface area contributed by atoms with Crippen molar-refractivity contribution in [2.75, 3.05) is 27.2 Å².